The number of carbonyl (C=O) groups is 1. The smallest absolute Gasteiger partial charge is 0.303 e. The largest absolute Gasteiger partial charge is 0.481 e. The van der Waals surface area contributed by atoms with Gasteiger partial charge in [-0.25, -0.2) is 4.98 Å². The van der Waals surface area contributed by atoms with Crippen molar-refractivity contribution in [3.05, 3.63) is 22.9 Å². The predicted octanol–water partition coefficient (Wildman–Crippen LogP) is 2.50. The zero-order valence-electron chi connectivity index (χ0n) is 11.5. The molecule has 5 heteroatoms. The number of nitrogens with one attached hydrogen (secondary N) is 1. The Kier molecular flexibility index (Phi) is 4.94. The van der Waals surface area contributed by atoms with Gasteiger partial charge in [0.2, 0.25) is 0 Å². The van der Waals surface area contributed by atoms with Crippen LogP contribution >= 0.6 is 0 Å². The Bertz CT molecular complexity index is 535. The molecule has 2 N–H and O–H groups in total. The van der Waals surface area contributed by atoms with Gasteiger partial charge in [0.15, 0.2) is 0 Å². The zero-order valence-corrected chi connectivity index (χ0v) is 11.5. The topological polar surface area (TPSA) is 86.0 Å². The summed E-state index contributed by atoms with van der Waals surface area (Å²) in [6.07, 6.45) is 5.89. The first kappa shape index (κ1) is 14.3. The van der Waals surface area contributed by atoms with Gasteiger partial charge in [0.25, 0.3) is 0 Å². The lowest BCUT2D eigenvalue weighted by molar-refractivity contribution is -0.137. The van der Waals surface area contributed by atoms with Gasteiger partial charge in [-0.05, 0) is 50.2 Å². The second-order valence-corrected chi connectivity index (χ2v) is 5.09. The van der Waals surface area contributed by atoms with Crippen LogP contribution in [-0.4, -0.2) is 22.6 Å². The van der Waals surface area contributed by atoms with Crippen molar-refractivity contribution >= 4 is 11.8 Å². The number of nitrogens with zero attached hydrogens (tertiary/aromatic N) is 2. The number of unbranched alkanes of at least 4 members (excludes halogenated alkanes) is 1. The second-order valence-electron chi connectivity index (χ2n) is 5.09. The van der Waals surface area contributed by atoms with E-state index in [1.807, 2.05) is 6.07 Å². The van der Waals surface area contributed by atoms with Crippen LogP contribution in [0.15, 0.2) is 6.07 Å². The Morgan fingerprint density at radius 1 is 1.40 bits per heavy atom. The molecule has 0 spiro atoms. The number of aliphatic carboxylic acids is 1. The molecular formula is C15H19N3O2. The summed E-state index contributed by atoms with van der Waals surface area (Å²) >= 11 is 0. The average molecular weight is 273 g/mol. The minimum Gasteiger partial charge on any atom is -0.481 e. The van der Waals surface area contributed by atoms with Gasteiger partial charge in [-0.15, -0.1) is 0 Å². The van der Waals surface area contributed by atoms with Crippen molar-refractivity contribution in [2.75, 3.05) is 11.9 Å². The quantitative estimate of drug-likeness (QED) is 0.778. The third kappa shape index (κ3) is 3.70. The Morgan fingerprint density at radius 2 is 2.20 bits per heavy atom. The van der Waals surface area contributed by atoms with E-state index < -0.39 is 5.97 Å². The maximum Gasteiger partial charge on any atom is 0.303 e. The van der Waals surface area contributed by atoms with Crippen LogP contribution in [0.4, 0.5) is 5.82 Å². The fraction of sp³-hybridized carbons (Fsp3) is 0.533. The van der Waals surface area contributed by atoms with Crippen LogP contribution in [0.5, 0.6) is 0 Å². The van der Waals surface area contributed by atoms with Gasteiger partial charge in [-0.3, -0.25) is 4.79 Å². The average Bonchev–Trinajstić information content (AvgIpc) is 2.45. The van der Waals surface area contributed by atoms with E-state index in [0.29, 0.717) is 24.3 Å². The number of fused-ring (bicyclic) bond motifs is 1. The second kappa shape index (κ2) is 6.90. The fourth-order valence-corrected chi connectivity index (χ4v) is 2.46. The van der Waals surface area contributed by atoms with Crippen LogP contribution in [0.25, 0.3) is 0 Å². The molecule has 0 saturated heterocycles. The number of hydrogen-bond acceptors (Lipinski definition) is 4. The SMILES string of the molecule is N#Cc1cc2c(nc1NCCCCC(=O)O)CCCC2. The summed E-state index contributed by atoms with van der Waals surface area (Å²) in [5.74, 6) is -0.127. The van der Waals surface area contributed by atoms with Gasteiger partial charge >= 0.3 is 5.97 Å². The van der Waals surface area contributed by atoms with Crippen LogP contribution in [0, 0.1) is 11.3 Å². The third-order valence-electron chi connectivity index (χ3n) is 3.53. The molecule has 1 aliphatic carbocycles. The van der Waals surface area contributed by atoms with E-state index >= 15 is 0 Å². The van der Waals surface area contributed by atoms with E-state index in [9.17, 15) is 10.1 Å². The van der Waals surface area contributed by atoms with Crippen molar-refractivity contribution in [1.82, 2.24) is 4.98 Å². The molecule has 0 aliphatic heterocycles. The number of nitriles is 1. The van der Waals surface area contributed by atoms with Crippen LogP contribution in [-0.2, 0) is 17.6 Å². The van der Waals surface area contributed by atoms with E-state index in [1.54, 1.807) is 0 Å². The minimum atomic E-state index is -0.769. The van der Waals surface area contributed by atoms with Crippen molar-refractivity contribution in [1.29, 1.82) is 5.26 Å². The van der Waals surface area contributed by atoms with Crippen LogP contribution in [0.3, 0.4) is 0 Å². The molecule has 5 nitrogen and oxygen atoms in total. The monoisotopic (exact) mass is 273 g/mol. The molecule has 20 heavy (non-hydrogen) atoms. The summed E-state index contributed by atoms with van der Waals surface area (Å²) in [6, 6.07) is 4.13. The van der Waals surface area contributed by atoms with Gasteiger partial charge in [0.05, 0.1) is 5.56 Å². The molecule has 106 valence electrons. The summed E-state index contributed by atoms with van der Waals surface area (Å²) < 4.78 is 0. The molecule has 0 aromatic carbocycles. The number of aromatic nitrogens is 1. The first-order valence-electron chi connectivity index (χ1n) is 7.09. The highest BCUT2D eigenvalue weighted by Crippen LogP contribution is 2.24. The summed E-state index contributed by atoms with van der Waals surface area (Å²) in [7, 11) is 0. The van der Waals surface area contributed by atoms with Crippen molar-refractivity contribution in [2.24, 2.45) is 0 Å². The lowest BCUT2D eigenvalue weighted by atomic mass is 9.95. The maximum atomic E-state index is 10.4. The summed E-state index contributed by atoms with van der Waals surface area (Å²) in [6.45, 7) is 0.647. The van der Waals surface area contributed by atoms with Gasteiger partial charge in [-0.1, -0.05) is 0 Å². The minimum absolute atomic E-state index is 0.185. The summed E-state index contributed by atoms with van der Waals surface area (Å²) in [4.78, 5) is 15.0. The molecular weight excluding hydrogens is 254 g/mol. The first-order chi connectivity index (χ1) is 9.70. The number of carboxylic acid groups (broad SMARTS) is 1. The first-order valence-corrected chi connectivity index (χ1v) is 7.09. The van der Waals surface area contributed by atoms with E-state index in [1.165, 1.54) is 12.0 Å². The van der Waals surface area contributed by atoms with Crippen LogP contribution in [0.2, 0.25) is 0 Å². The highest BCUT2D eigenvalue weighted by molar-refractivity contribution is 5.66. The summed E-state index contributed by atoms with van der Waals surface area (Å²) in [5, 5.41) is 20.9. The standard InChI is InChI=1S/C15H19N3O2/c16-10-12-9-11-5-1-2-6-13(11)18-15(12)17-8-4-3-7-14(19)20/h9H,1-8H2,(H,17,18)(H,19,20). The lowest BCUT2D eigenvalue weighted by Gasteiger charge is -2.17. The molecule has 0 amide bonds. The molecule has 0 radical (unpaired) electrons. The Hall–Kier alpha value is -2.09. The van der Waals surface area contributed by atoms with Crippen molar-refractivity contribution in [3.63, 3.8) is 0 Å². The van der Waals surface area contributed by atoms with Crippen molar-refractivity contribution < 1.29 is 9.90 Å². The predicted molar refractivity (Wildman–Crippen MR) is 75.6 cm³/mol. The van der Waals surface area contributed by atoms with Gasteiger partial charge < -0.3 is 10.4 Å². The maximum absolute atomic E-state index is 10.4. The normalized spacial score (nSPS) is 13.3. The molecule has 0 fully saturated rings. The number of pyridine rings is 1. The molecule has 0 atom stereocenters. The van der Waals surface area contributed by atoms with E-state index in [-0.39, 0.29) is 6.42 Å². The molecule has 1 aromatic heterocycles. The lowest BCUT2D eigenvalue weighted by Crippen LogP contribution is -2.11. The molecule has 2 rings (SSSR count). The molecule has 1 heterocycles. The Morgan fingerprint density at radius 3 is 2.95 bits per heavy atom. The number of carboxylic acids is 1. The van der Waals surface area contributed by atoms with Gasteiger partial charge in [-0.2, -0.15) is 5.26 Å². The Labute approximate surface area is 118 Å². The van der Waals surface area contributed by atoms with Crippen molar-refractivity contribution in [2.45, 2.75) is 44.9 Å². The number of aryl methyl sites for hydroxylation is 2. The Balaban J connectivity index is 1.96. The van der Waals surface area contributed by atoms with E-state index in [2.05, 4.69) is 16.4 Å². The fourth-order valence-electron chi connectivity index (χ4n) is 2.46. The summed E-state index contributed by atoms with van der Waals surface area (Å²) in [5.41, 5.74) is 2.89. The molecule has 1 aromatic rings. The molecule has 0 saturated carbocycles. The van der Waals surface area contributed by atoms with Gasteiger partial charge in [0, 0.05) is 18.7 Å². The highest BCUT2D eigenvalue weighted by atomic mass is 16.4. The van der Waals surface area contributed by atoms with E-state index in [0.717, 1.165) is 31.4 Å². The van der Waals surface area contributed by atoms with Crippen molar-refractivity contribution in [3.8, 4) is 6.07 Å². The number of rotatable bonds is 6. The molecule has 1 aliphatic rings. The number of hydrogen-bond donors (Lipinski definition) is 2. The molecule has 0 bridgehead atoms. The number of anilines is 1. The van der Waals surface area contributed by atoms with Crippen LogP contribution < -0.4 is 5.32 Å². The third-order valence-corrected chi connectivity index (χ3v) is 3.53. The van der Waals surface area contributed by atoms with Gasteiger partial charge in [0.1, 0.15) is 11.9 Å². The van der Waals surface area contributed by atoms with E-state index in [4.69, 9.17) is 5.11 Å². The highest BCUT2D eigenvalue weighted by Gasteiger charge is 2.14. The van der Waals surface area contributed by atoms with Crippen LogP contribution in [0.1, 0.15) is 48.9 Å². The zero-order chi connectivity index (χ0) is 14.4. The molecule has 0 unspecified atom stereocenters.